The maximum atomic E-state index is 11.6. The molecule has 0 heterocycles. The van der Waals surface area contributed by atoms with Crippen molar-refractivity contribution < 1.29 is 14.6 Å². The van der Waals surface area contributed by atoms with Crippen LogP contribution in [-0.2, 0) is 9.53 Å². The maximum absolute atomic E-state index is 11.6. The third-order valence-corrected chi connectivity index (χ3v) is 3.80. The van der Waals surface area contributed by atoms with Gasteiger partial charge in [-0.2, -0.15) is 0 Å². The number of carbonyl (C=O) groups is 1. The maximum Gasteiger partial charge on any atom is 0.326 e. The molecule has 0 amide bonds. The summed E-state index contributed by atoms with van der Waals surface area (Å²) < 4.78 is 5.76. The second-order valence-electron chi connectivity index (χ2n) is 5.71. The standard InChI is InChI=1S/C13H23NO3/c1-9(2)14-13(12(15)16,10-6-7-10)8-17-11-4-3-5-11/h9-11,14H,3-8H2,1-2H3,(H,15,16). The molecular weight excluding hydrogens is 218 g/mol. The molecule has 98 valence electrons. The van der Waals surface area contributed by atoms with Gasteiger partial charge in [-0.05, 0) is 51.9 Å². The minimum Gasteiger partial charge on any atom is -0.480 e. The van der Waals surface area contributed by atoms with Gasteiger partial charge in [0.05, 0.1) is 12.7 Å². The summed E-state index contributed by atoms with van der Waals surface area (Å²) in [4.78, 5) is 11.6. The number of hydrogen-bond acceptors (Lipinski definition) is 3. The van der Waals surface area contributed by atoms with Crippen LogP contribution in [0.4, 0.5) is 0 Å². The Morgan fingerprint density at radius 2 is 2.06 bits per heavy atom. The van der Waals surface area contributed by atoms with Gasteiger partial charge >= 0.3 is 5.97 Å². The minimum absolute atomic E-state index is 0.164. The molecule has 17 heavy (non-hydrogen) atoms. The molecular formula is C13H23NO3. The topological polar surface area (TPSA) is 58.6 Å². The highest BCUT2D eigenvalue weighted by atomic mass is 16.5. The highest BCUT2D eigenvalue weighted by molar-refractivity contribution is 5.80. The highest BCUT2D eigenvalue weighted by Gasteiger charge is 2.52. The van der Waals surface area contributed by atoms with E-state index in [0.29, 0.717) is 12.7 Å². The minimum atomic E-state index is -0.857. The van der Waals surface area contributed by atoms with Gasteiger partial charge < -0.3 is 9.84 Å². The summed E-state index contributed by atoms with van der Waals surface area (Å²) in [5, 5.41) is 12.8. The van der Waals surface area contributed by atoms with Crippen LogP contribution in [0.15, 0.2) is 0 Å². The normalized spacial score (nSPS) is 24.4. The Labute approximate surface area is 103 Å². The molecule has 2 N–H and O–H groups in total. The van der Waals surface area contributed by atoms with Crippen LogP contribution >= 0.6 is 0 Å². The number of ether oxygens (including phenoxy) is 1. The smallest absolute Gasteiger partial charge is 0.326 e. The Morgan fingerprint density at radius 3 is 2.41 bits per heavy atom. The summed E-state index contributed by atoms with van der Waals surface area (Å²) >= 11 is 0. The van der Waals surface area contributed by atoms with Crippen molar-refractivity contribution >= 4 is 5.97 Å². The van der Waals surface area contributed by atoms with Gasteiger partial charge in [0, 0.05) is 6.04 Å². The van der Waals surface area contributed by atoms with Crippen molar-refractivity contribution in [2.45, 2.75) is 63.6 Å². The Balaban J connectivity index is 2.00. The predicted octanol–water partition coefficient (Wildman–Crippen LogP) is 1.79. The van der Waals surface area contributed by atoms with Crippen LogP contribution in [-0.4, -0.2) is 35.4 Å². The van der Waals surface area contributed by atoms with Crippen LogP contribution in [0, 0.1) is 5.92 Å². The average Bonchev–Trinajstić information content (AvgIpc) is 2.95. The SMILES string of the molecule is CC(C)NC(COC1CCC1)(C(=O)O)C1CC1. The molecule has 1 atom stereocenters. The van der Waals surface area contributed by atoms with Crippen molar-refractivity contribution in [2.75, 3.05) is 6.61 Å². The van der Waals surface area contributed by atoms with E-state index < -0.39 is 11.5 Å². The van der Waals surface area contributed by atoms with E-state index in [0.717, 1.165) is 25.7 Å². The van der Waals surface area contributed by atoms with Crippen LogP contribution < -0.4 is 5.32 Å². The lowest BCUT2D eigenvalue weighted by Crippen LogP contribution is -2.60. The molecule has 0 radical (unpaired) electrons. The van der Waals surface area contributed by atoms with Crippen LogP contribution in [0.3, 0.4) is 0 Å². The molecule has 2 fully saturated rings. The molecule has 0 aromatic rings. The zero-order valence-corrected chi connectivity index (χ0v) is 10.7. The molecule has 0 saturated heterocycles. The summed E-state index contributed by atoms with van der Waals surface area (Å²) in [6.07, 6.45) is 5.68. The number of hydrogen-bond donors (Lipinski definition) is 2. The van der Waals surface area contributed by atoms with Crippen molar-refractivity contribution in [3.05, 3.63) is 0 Å². The first-order chi connectivity index (χ1) is 8.04. The Hall–Kier alpha value is -0.610. The Morgan fingerprint density at radius 1 is 1.41 bits per heavy atom. The molecule has 1 unspecified atom stereocenters. The van der Waals surface area contributed by atoms with Crippen molar-refractivity contribution in [3.8, 4) is 0 Å². The number of nitrogens with one attached hydrogen (secondary N) is 1. The summed E-state index contributed by atoms with van der Waals surface area (Å²) in [6.45, 7) is 4.29. The summed E-state index contributed by atoms with van der Waals surface area (Å²) in [7, 11) is 0. The largest absolute Gasteiger partial charge is 0.480 e. The molecule has 0 aliphatic heterocycles. The predicted molar refractivity (Wildman–Crippen MR) is 65.0 cm³/mol. The van der Waals surface area contributed by atoms with E-state index in [4.69, 9.17) is 4.74 Å². The van der Waals surface area contributed by atoms with E-state index in [1.165, 1.54) is 6.42 Å². The molecule has 2 rings (SSSR count). The number of carboxylic acid groups (broad SMARTS) is 1. The molecule has 0 bridgehead atoms. The highest BCUT2D eigenvalue weighted by Crippen LogP contribution is 2.41. The lowest BCUT2D eigenvalue weighted by atomic mass is 9.91. The third kappa shape index (κ3) is 2.80. The van der Waals surface area contributed by atoms with Crippen molar-refractivity contribution in [3.63, 3.8) is 0 Å². The summed E-state index contributed by atoms with van der Waals surface area (Å²) in [5.41, 5.74) is -0.857. The van der Waals surface area contributed by atoms with Crippen molar-refractivity contribution in [2.24, 2.45) is 5.92 Å². The number of rotatable bonds is 7. The van der Waals surface area contributed by atoms with Gasteiger partial charge in [-0.3, -0.25) is 10.1 Å². The van der Waals surface area contributed by atoms with Crippen LogP contribution in [0.2, 0.25) is 0 Å². The molecule has 4 heteroatoms. The fraction of sp³-hybridized carbons (Fsp3) is 0.923. The summed E-state index contributed by atoms with van der Waals surface area (Å²) in [5.74, 6) is -0.518. The van der Waals surface area contributed by atoms with Crippen molar-refractivity contribution in [1.29, 1.82) is 0 Å². The van der Waals surface area contributed by atoms with E-state index >= 15 is 0 Å². The molecule has 4 nitrogen and oxygen atoms in total. The average molecular weight is 241 g/mol. The molecule has 0 aromatic heterocycles. The van der Waals surface area contributed by atoms with E-state index in [1.54, 1.807) is 0 Å². The van der Waals surface area contributed by atoms with Gasteiger partial charge in [0.25, 0.3) is 0 Å². The molecule has 0 spiro atoms. The van der Waals surface area contributed by atoms with Gasteiger partial charge in [-0.15, -0.1) is 0 Å². The third-order valence-electron chi connectivity index (χ3n) is 3.80. The number of aliphatic carboxylic acids is 1. The first-order valence-corrected chi connectivity index (χ1v) is 6.67. The van der Waals surface area contributed by atoms with Crippen LogP contribution in [0.5, 0.6) is 0 Å². The van der Waals surface area contributed by atoms with E-state index in [2.05, 4.69) is 5.32 Å². The Kier molecular flexibility index (Phi) is 3.73. The van der Waals surface area contributed by atoms with Crippen LogP contribution in [0.25, 0.3) is 0 Å². The van der Waals surface area contributed by atoms with Crippen LogP contribution in [0.1, 0.15) is 46.0 Å². The first-order valence-electron chi connectivity index (χ1n) is 6.67. The molecule has 2 aliphatic carbocycles. The molecule has 0 aromatic carbocycles. The van der Waals surface area contributed by atoms with Gasteiger partial charge in [-0.1, -0.05) is 0 Å². The summed E-state index contributed by atoms with van der Waals surface area (Å²) in [6, 6.07) is 0.164. The molecule has 2 aliphatic rings. The zero-order chi connectivity index (χ0) is 12.5. The van der Waals surface area contributed by atoms with E-state index in [1.807, 2.05) is 13.8 Å². The zero-order valence-electron chi connectivity index (χ0n) is 10.7. The monoisotopic (exact) mass is 241 g/mol. The first kappa shape index (κ1) is 12.8. The molecule has 2 saturated carbocycles. The Bertz CT molecular complexity index is 284. The van der Waals surface area contributed by atoms with E-state index in [9.17, 15) is 9.90 Å². The van der Waals surface area contributed by atoms with Gasteiger partial charge in [0.1, 0.15) is 5.54 Å². The number of carboxylic acids is 1. The quantitative estimate of drug-likeness (QED) is 0.713. The second kappa shape index (κ2) is 4.94. The van der Waals surface area contributed by atoms with Gasteiger partial charge in [0.15, 0.2) is 0 Å². The fourth-order valence-electron chi connectivity index (χ4n) is 2.45. The van der Waals surface area contributed by atoms with E-state index in [-0.39, 0.29) is 12.0 Å². The lowest BCUT2D eigenvalue weighted by Gasteiger charge is -2.36. The fourth-order valence-corrected chi connectivity index (χ4v) is 2.45. The second-order valence-corrected chi connectivity index (χ2v) is 5.71. The van der Waals surface area contributed by atoms with Crippen molar-refractivity contribution in [1.82, 2.24) is 5.32 Å². The lowest BCUT2D eigenvalue weighted by molar-refractivity contribution is -0.152. The van der Waals surface area contributed by atoms with Gasteiger partial charge in [0.2, 0.25) is 0 Å². The van der Waals surface area contributed by atoms with Gasteiger partial charge in [-0.25, -0.2) is 0 Å².